The van der Waals surface area contributed by atoms with Gasteiger partial charge in [0.2, 0.25) is 17.6 Å². The van der Waals surface area contributed by atoms with Gasteiger partial charge in [0.1, 0.15) is 12.4 Å². The van der Waals surface area contributed by atoms with E-state index < -0.39 is 0 Å². The SMILES string of the molecule is COCCOc1ccc(C(C)NC(=O)CCc2nc(-c3ccc(C)c(F)c3)no2)cc1OC. The van der Waals surface area contributed by atoms with Gasteiger partial charge in [-0.05, 0) is 43.2 Å². The molecular weight excluding hydrogens is 429 g/mol. The van der Waals surface area contributed by atoms with Gasteiger partial charge in [-0.3, -0.25) is 4.79 Å². The molecular formula is C24H28FN3O5. The quantitative estimate of drug-likeness (QED) is 0.434. The number of nitrogens with one attached hydrogen (secondary N) is 1. The fourth-order valence-corrected chi connectivity index (χ4v) is 3.13. The van der Waals surface area contributed by atoms with Gasteiger partial charge in [0.05, 0.1) is 19.8 Å². The fourth-order valence-electron chi connectivity index (χ4n) is 3.13. The molecule has 1 heterocycles. The number of nitrogens with zero attached hydrogens (tertiary/aromatic N) is 2. The number of carbonyl (C=O) groups excluding carboxylic acids is 1. The van der Waals surface area contributed by atoms with E-state index in [-0.39, 0.29) is 36.4 Å². The highest BCUT2D eigenvalue weighted by atomic mass is 19.1. The summed E-state index contributed by atoms with van der Waals surface area (Å²) in [5.74, 6) is 1.29. The summed E-state index contributed by atoms with van der Waals surface area (Å²) in [5, 5.41) is 6.83. The van der Waals surface area contributed by atoms with Crippen LogP contribution in [0.4, 0.5) is 4.39 Å². The van der Waals surface area contributed by atoms with Crippen LogP contribution in [0.2, 0.25) is 0 Å². The van der Waals surface area contributed by atoms with Gasteiger partial charge >= 0.3 is 0 Å². The van der Waals surface area contributed by atoms with Crippen molar-refractivity contribution in [1.82, 2.24) is 15.5 Å². The standard InChI is InChI=1S/C24H28FN3O5/c1-15-5-6-18(13-19(15)25)24-27-23(33-28-24)10-9-22(29)26-16(2)17-7-8-20(21(14-17)31-4)32-12-11-30-3/h5-8,13-14,16H,9-12H2,1-4H3,(H,26,29). The third-order valence-electron chi connectivity index (χ3n) is 5.07. The number of halogens is 1. The summed E-state index contributed by atoms with van der Waals surface area (Å²) in [5.41, 5.74) is 1.94. The van der Waals surface area contributed by atoms with Crippen molar-refractivity contribution in [3.05, 3.63) is 59.2 Å². The Balaban J connectivity index is 1.54. The highest BCUT2D eigenvalue weighted by molar-refractivity contribution is 5.76. The first-order chi connectivity index (χ1) is 15.9. The molecule has 3 rings (SSSR count). The lowest BCUT2D eigenvalue weighted by atomic mass is 10.1. The second-order valence-electron chi connectivity index (χ2n) is 7.52. The lowest BCUT2D eigenvalue weighted by Crippen LogP contribution is -2.26. The monoisotopic (exact) mass is 457 g/mol. The summed E-state index contributed by atoms with van der Waals surface area (Å²) in [6, 6.07) is 10.0. The van der Waals surface area contributed by atoms with Crippen LogP contribution in [0.15, 0.2) is 40.9 Å². The van der Waals surface area contributed by atoms with Gasteiger partial charge < -0.3 is 24.1 Å². The Labute approximate surface area is 192 Å². The fraction of sp³-hybridized carbons (Fsp3) is 0.375. The zero-order chi connectivity index (χ0) is 23.8. The number of ether oxygens (including phenoxy) is 3. The predicted molar refractivity (Wildman–Crippen MR) is 120 cm³/mol. The highest BCUT2D eigenvalue weighted by Gasteiger charge is 2.15. The van der Waals surface area contributed by atoms with Gasteiger partial charge in [-0.2, -0.15) is 4.98 Å². The number of methoxy groups -OCH3 is 2. The highest BCUT2D eigenvalue weighted by Crippen LogP contribution is 2.30. The molecule has 1 aromatic heterocycles. The van der Waals surface area contributed by atoms with E-state index in [2.05, 4.69) is 15.5 Å². The first-order valence-electron chi connectivity index (χ1n) is 10.6. The first kappa shape index (κ1) is 24.2. The first-order valence-corrected chi connectivity index (χ1v) is 10.6. The molecule has 1 unspecified atom stereocenters. The molecule has 0 bridgehead atoms. The van der Waals surface area contributed by atoms with Crippen LogP contribution in [0.25, 0.3) is 11.4 Å². The van der Waals surface area contributed by atoms with Crippen LogP contribution in [-0.2, 0) is 16.0 Å². The number of hydrogen-bond donors (Lipinski definition) is 1. The lowest BCUT2D eigenvalue weighted by molar-refractivity contribution is -0.121. The van der Waals surface area contributed by atoms with E-state index in [1.165, 1.54) is 6.07 Å². The normalized spacial score (nSPS) is 11.8. The second-order valence-corrected chi connectivity index (χ2v) is 7.52. The average molecular weight is 458 g/mol. The number of carbonyl (C=O) groups is 1. The van der Waals surface area contributed by atoms with Crippen LogP contribution in [0.5, 0.6) is 11.5 Å². The molecule has 1 amide bonds. The molecule has 3 aromatic rings. The number of benzene rings is 2. The molecule has 1 N–H and O–H groups in total. The molecule has 9 heteroatoms. The third kappa shape index (κ3) is 6.52. The van der Waals surface area contributed by atoms with E-state index in [1.807, 2.05) is 19.1 Å². The van der Waals surface area contributed by atoms with E-state index in [0.29, 0.717) is 41.7 Å². The second kappa shape index (κ2) is 11.4. The van der Waals surface area contributed by atoms with Crippen molar-refractivity contribution in [2.45, 2.75) is 32.7 Å². The van der Waals surface area contributed by atoms with Crippen molar-refractivity contribution < 1.29 is 27.9 Å². The van der Waals surface area contributed by atoms with Crippen LogP contribution in [-0.4, -0.2) is 43.5 Å². The number of aryl methyl sites for hydroxylation is 2. The number of aromatic nitrogens is 2. The summed E-state index contributed by atoms with van der Waals surface area (Å²) < 4.78 is 35.0. The number of amides is 1. The van der Waals surface area contributed by atoms with E-state index in [4.69, 9.17) is 18.7 Å². The average Bonchev–Trinajstić information content (AvgIpc) is 3.29. The molecule has 1 atom stereocenters. The summed E-state index contributed by atoms with van der Waals surface area (Å²) in [6.07, 6.45) is 0.444. The van der Waals surface area contributed by atoms with Crippen LogP contribution >= 0.6 is 0 Å². The van der Waals surface area contributed by atoms with Gasteiger partial charge in [0.15, 0.2) is 11.5 Å². The van der Waals surface area contributed by atoms with Crippen LogP contribution in [0.1, 0.15) is 36.4 Å². The van der Waals surface area contributed by atoms with Crippen molar-refractivity contribution in [3.63, 3.8) is 0 Å². The molecule has 0 aliphatic heterocycles. The van der Waals surface area contributed by atoms with Crippen molar-refractivity contribution >= 4 is 5.91 Å². The molecule has 8 nitrogen and oxygen atoms in total. The largest absolute Gasteiger partial charge is 0.493 e. The van der Waals surface area contributed by atoms with E-state index >= 15 is 0 Å². The van der Waals surface area contributed by atoms with Gasteiger partial charge in [-0.1, -0.05) is 23.4 Å². The summed E-state index contributed by atoms with van der Waals surface area (Å²) in [6.45, 7) is 4.45. The minimum atomic E-state index is -0.335. The predicted octanol–water partition coefficient (Wildman–Crippen LogP) is 4.03. The van der Waals surface area contributed by atoms with Crippen molar-refractivity contribution in [1.29, 1.82) is 0 Å². The Morgan fingerprint density at radius 2 is 1.97 bits per heavy atom. The molecule has 33 heavy (non-hydrogen) atoms. The zero-order valence-corrected chi connectivity index (χ0v) is 19.2. The Morgan fingerprint density at radius 3 is 2.70 bits per heavy atom. The van der Waals surface area contributed by atoms with Gasteiger partial charge in [0.25, 0.3) is 0 Å². The topological polar surface area (TPSA) is 95.7 Å². The molecule has 0 spiro atoms. The molecule has 0 radical (unpaired) electrons. The van der Waals surface area contributed by atoms with E-state index in [1.54, 1.807) is 39.3 Å². The van der Waals surface area contributed by atoms with Crippen molar-refractivity contribution in [2.75, 3.05) is 27.4 Å². The van der Waals surface area contributed by atoms with Crippen LogP contribution < -0.4 is 14.8 Å². The Bertz CT molecular complexity index is 1090. The molecule has 176 valence electrons. The number of hydrogen-bond acceptors (Lipinski definition) is 7. The van der Waals surface area contributed by atoms with Crippen molar-refractivity contribution in [3.8, 4) is 22.9 Å². The molecule has 0 aliphatic carbocycles. The third-order valence-corrected chi connectivity index (χ3v) is 5.07. The maximum absolute atomic E-state index is 13.8. The van der Waals surface area contributed by atoms with Gasteiger partial charge in [-0.25, -0.2) is 4.39 Å². The Hall–Kier alpha value is -3.46. The molecule has 0 saturated heterocycles. The zero-order valence-electron chi connectivity index (χ0n) is 19.2. The molecule has 0 saturated carbocycles. The smallest absolute Gasteiger partial charge is 0.227 e. The summed E-state index contributed by atoms with van der Waals surface area (Å²) in [4.78, 5) is 16.7. The van der Waals surface area contributed by atoms with Gasteiger partial charge in [0, 0.05) is 25.5 Å². The molecule has 2 aromatic carbocycles. The Morgan fingerprint density at radius 1 is 1.15 bits per heavy atom. The molecule has 0 aliphatic rings. The van der Waals surface area contributed by atoms with Crippen LogP contribution in [0, 0.1) is 12.7 Å². The van der Waals surface area contributed by atoms with Crippen molar-refractivity contribution in [2.24, 2.45) is 0 Å². The van der Waals surface area contributed by atoms with Gasteiger partial charge in [-0.15, -0.1) is 0 Å². The number of rotatable bonds is 11. The maximum Gasteiger partial charge on any atom is 0.227 e. The summed E-state index contributed by atoms with van der Waals surface area (Å²) in [7, 11) is 3.17. The van der Waals surface area contributed by atoms with E-state index in [0.717, 1.165) is 5.56 Å². The Kier molecular flexibility index (Phi) is 8.37. The van der Waals surface area contributed by atoms with E-state index in [9.17, 15) is 9.18 Å². The lowest BCUT2D eigenvalue weighted by Gasteiger charge is -2.17. The minimum Gasteiger partial charge on any atom is -0.493 e. The minimum absolute atomic E-state index is 0.164. The summed E-state index contributed by atoms with van der Waals surface area (Å²) >= 11 is 0. The maximum atomic E-state index is 13.8. The molecule has 0 fully saturated rings. The van der Waals surface area contributed by atoms with Crippen LogP contribution in [0.3, 0.4) is 0 Å².